The van der Waals surface area contributed by atoms with Crippen LogP contribution < -0.4 is 5.32 Å². The highest BCUT2D eigenvalue weighted by atomic mass is 16.5. The molecule has 2 unspecified atom stereocenters. The van der Waals surface area contributed by atoms with Crippen LogP contribution in [-0.4, -0.2) is 19.3 Å². The van der Waals surface area contributed by atoms with Crippen LogP contribution in [0.2, 0.25) is 0 Å². The SMILES string of the molecule is Cc1cc(C)c(C(C)NCC2CCCO2)c(C)c1. The van der Waals surface area contributed by atoms with E-state index in [1.165, 1.54) is 35.1 Å². The molecule has 1 N–H and O–H groups in total. The monoisotopic (exact) mass is 247 g/mol. The third kappa shape index (κ3) is 3.12. The van der Waals surface area contributed by atoms with Gasteiger partial charge in [0.25, 0.3) is 0 Å². The fourth-order valence-electron chi connectivity index (χ4n) is 3.09. The quantitative estimate of drug-likeness (QED) is 0.880. The minimum atomic E-state index is 0.398. The second-order valence-corrected chi connectivity index (χ2v) is 5.58. The average Bonchev–Trinajstić information content (AvgIpc) is 2.77. The van der Waals surface area contributed by atoms with E-state index in [4.69, 9.17) is 4.74 Å². The largest absolute Gasteiger partial charge is 0.377 e. The van der Waals surface area contributed by atoms with Gasteiger partial charge in [0.15, 0.2) is 0 Å². The molecule has 0 saturated carbocycles. The first-order chi connectivity index (χ1) is 8.58. The van der Waals surface area contributed by atoms with Gasteiger partial charge in [0, 0.05) is 19.2 Å². The van der Waals surface area contributed by atoms with Crippen LogP contribution in [-0.2, 0) is 4.74 Å². The lowest BCUT2D eigenvalue weighted by Gasteiger charge is -2.21. The Kier molecular flexibility index (Phi) is 4.41. The number of nitrogens with one attached hydrogen (secondary N) is 1. The normalized spacial score (nSPS) is 21.2. The number of benzene rings is 1. The summed E-state index contributed by atoms with van der Waals surface area (Å²) in [6, 6.07) is 4.94. The molecule has 2 nitrogen and oxygen atoms in total. The van der Waals surface area contributed by atoms with E-state index in [2.05, 4.69) is 45.1 Å². The lowest BCUT2D eigenvalue weighted by atomic mass is 9.95. The third-order valence-electron chi connectivity index (χ3n) is 3.85. The van der Waals surface area contributed by atoms with Gasteiger partial charge in [0.05, 0.1) is 6.10 Å². The molecule has 0 aromatic heterocycles. The van der Waals surface area contributed by atoms with Crippen molar-refractivity contribution in [3.63, 3.8) is 0 Å². The molecule has 1 aliphatic heterocycles. The molecule has 100 valence electrons. The minimum Gasteiger partial charge on any atom is -0.377 e. The van der Waals surface area contributed by atoms with E-state index in [1.807, 2.05) is 0 Å². The highest BCUT2D eigenvalue weighted by molar-refractivity contribution is 5.39. The van der Waals surface area contributed by atoms with Crippen molar-refractivity contribution in [3.05, 3.63) is 34.4 Å². The van der Waals surface area contributed by atoms with Crippen molar-refractivity contribution >= 4 is 0 Å². The summed E-state index contributed by atoms with van der Waals surface area (Å²) in [4.78, 5) is 0. The van der Waals surface area contributed by atoms with Crippen molar-refractivity contribution in [2.75, 3.05) is 13.2 Å². The van der Waals surface area contributed by atoms with E-state index in [-0.39, 0.29) is 0 Å². The van der Waals surface area contributed by atoms with Gasteiger partial charge in [0.1, 0.15) is 0 Å². The van der Waals surface area contributed by atoms with E-state index in [1.54, 1.807) is 0 Å². The summed E-state index contributed by atoms with van der Waals surface area (Å²) in [7, 11) is 0. The molecule has 2 heteroatoms. The van der Waals surface area contributed by atoms with E-state index >= 15 is 0 Å². The second-order valence-electron chi connectivity index (χ2n) is 5.58. The summed E-state index contributed by atoms with van der Waals surface area (Å²) < 4.78 is 5.66. The summed E-state index contributed by atoms with van der Waals surface area (Å²) in [6.07, 6.45) is 2.83. The highest BCUT2D eigenvalue weighted by Gasteiger charge is 2.17. The van der Waals surface area contributed by atoms with E-state index < -0.39 is 0 Å². The minimum absolute atomic E-state index is 0.398. The molecule has 0 bridgehead atoms. The van der Waals surface area contributed by atoms with Crippen molar-refractivity contribution in [2.45, 2.75) is 52.7 Å². The summed E-state index contributed by atoms with van der Waals surface area (Å²) in [6.45, 7) is 10.7. The molecule has 0 aliphatic carbocycles. The van der Waals surface area contributed by atoms with Crippen molar-refractivity contribution in [1.29, 1.82) is 0 Å². The van der Waals surface area contributed by atoms with Gasteiger partial charge in [-0.2, -0.15) is 0 Å². The zero-order chi connectivity index (χ0) is 13.1. The molecule has 0 radical (unpaired) electrons. The van der Waals surface area contributed by atoms with Gasteiger partial charge in [-0.25, -0.2) is 0 Å². The number of hydrogen-bond donors (Lipinski definition) is 1. The summed E-state index contributed by atoms with van der Waals surface area (Å²) in [5.74, 6) is 0. The van der Waals surface area contributed by atoms with Crippen LogP contribution in [0.25, 0.3) is 0 Å². The topological polar surface area (TPSA) is 21.3 Å². The van der Waals surface area contributed by atoms with Crippen LogP contribution in [0.5, 0.6) is 0 Å². The number of ether oxygens (including phenoxy) is 1. The van der Waals surface area contributed by atoms with Crippen LogP contribution >= 0.6 is 0 Å². The van der Waals surface area contributed by atoms with Gasteiger partial charge >= 0.3 is 0 Å². The molecule has 1 aliphatic rings. The molecule has 0 spiro atoms. The van der Waals surface area contributed by atoms with Gasteiger partial charge in [-0.3, -0.25) is 0 Å². The molecule has 1 heterocycles. The van der Waals surface area contributed by atoms with Crippen molar-refractivity contribution < 1.29 is 4.74 Å². The highest BCUT2D eigenvalue weighted by Crippen LogP contribution is 2.23. The number of rotatable bonds is 4. The summed E-state index contributed by atoms with van der Waals surface area (Å²) in [5, 5.41) is 3.62. The van der Waals surface area contributed by atoms with Crippen LogP contribution in [0.15, 0.2) is 12.1 Å². The van der Waals surface area contributed by atoms with Gasteiger partial charge < -0.3 is 10.1 Å². The summed E-state index contributed by atoms with van der Waals surface area (Å²) in [5.41, 5.74) is 5.57. The van der Waals surface area contributed by atoms with E-state index in [0.717, 1.165) is 13.2 Å². The molecule has 18 heavy (non-hydrogen) atoms. The predicted molar refractivity (Wildman–Crippen MR) is 76.0 cm³/mol. The fraction of sp³-hybridized carbons (Fsp3) is 0.625. The van der Waals surface area contributed by atoms with Crippen LogP contribution in [0, 0.1) is 20.8 Å². The van der Waals surface area contributed by atoms with Crippen molar-refractivity contribution in [1.82, 2.24) is 5.32 Å². The molecule has 1 fully saturated rings. The molecule has 0 amide bonds. The molecule has 2 atom stereocenters. The zero-order valence-electron chi connectivity index (χ0n) is 12.0. The van der Waals surface area contributed by atoms with Crippen LogP contribution in [0.4, 0.5) is 0 Å². The summed E-state index contributed by atoms with van der Waals surface area (Å²) >= 11 is 0. The Morgan fingerprint density at radius 2 is 1.94 bits per heavy atom. The Labute approximate surface area is 111 Å². The van der Waals surface area contributed by atoms with Gasteiger partial charge in [-0.15, -0.1) is 0 Å². The lowest BCUT2D eigenvalue weighted by Crippen LogP contribution is -2.29. The Morgan fingerprint density at radius 3 is 2.50 bits per heavy atom. The van der Waals surface area contributed by atoms with Crippen LogP contribution in [0.3, 0.4) is 0 Å². The first-order valence-corrected chi connectivity index (χ1v) is 7.00. The molecule has 1 aromatic rings. The standard InChI is InChI=1S/C16H25NO/c1-11-8-12(2)16(13(3)9-11)14(4)17-10-15-6-5-7-18-15/h8-9,14-15,17H,5-7,10H2,1-4H3. The Hall–Kier alpha value is -0.860. The fourth-order valence-corrected chi connectivity index (χ4v) is 3.09. The molecular weight excluding hydrogens is 222 g/mol. The zero-order valence-corrected chi connectivity index (χ0v) is 12.0. The van der Waals surface area contributed by atoms with Gasteiger partial charge in [-0.1, -0.05) is 17.7 Å². The Morgan fingerprint density at radius 1 is 1.28 bits per heavy atom. The lowest BCUT2D eigenvalue weighted by molar-refractivity contribution is 0.108. The maximum atomic E-state index is 5.66. The molecule has 1 saturated heterocycles. The molecular formula is C16H25NO. The Balaban J connectivity index is 2.01. The first-order valence-electron chi connectivity index (χ1n) is 7.00. The first kappa shape index (κ1) is 13.6. The van der Waals surface area contributed by atoms with Crippen molar-refractivity contribution in [3.8, 4) is 0 Å². The molecule has 1 aromatic carbocycles. The molecule has 2 rings (SSSR count). The third-order valence-corrected chi connectivity index (χ3v) is 3.85. The number of hydrogen-bond acceptors (Lipinski definition) is 2. The number of aryl methyl sites for hydroxylation is 3. The van der Waals surface area contributed by atoms with Gasteiger partial charge in [0.2, 0.25) is 0 Å². The average molecular weight is 247 g/mol. The second kappa shape index (κ2) is 5.85. The maximum Gasteiger partial charge on any atom is 0.0700 e. The van der Waals surface area contributed by atoms with Crippen LogP contribution in [0.1, 0.15) is 48.1 Å². The van der Waals surface area contributed by atoms with Crippen molar-refractivity contribution in [2.24, 2.45) is 0 Å². The van der Waals surface area contributed by atoms with E-state index in [0.29, 0.717) is 12.1 Å². The smallest absolute Gasteiger partial charge is 0.0700 e. The Bertz CT molecular complexity index is 385. The predicted octanol–water partition coefficient (Wildman–Crippen LogP) is 3.44. The van der Waals surface area contributed by atoms with E-state index in [9.17, 15) is 0 Å². The van der Waals surface area contributed by atoms with Gasteiger partial charge in [-0.05, 0) is 57.2 Å². The maximum absolute atomic E-state index is 5.66.